The van der Waals surface area contributed by atoms with Crippen LogP contribution in [0.5, 0.6) is 0 Å². The number of nitrogens with zero attached hydrogens (tertiary/aromatic N) is 2. The van der Waals surface area contributed by atoms with Gasteiger partial charge in [-0.25, -0.2) is 0 Å². The molecule has 3 nitrogen and oxygen atoms in total. The van der Waals surface area contributed by atoms with Gasteiger partial charge in [-0.1, -0.05) is 303 Å². The molecule has 0 unspecified atom stereocenters. The molecule has 498 valence electrons. The highest BCUT2D eigenvalue weighted by atomic mass is 15.1. The van der Waals surface area contributed by atoms with Crippen LogP contribution in [0.25, 0.3) is 66.3 Å². The maximum absolute atomic E-state index is 3.90. The summed E-state index contributed by atoms with van der Waals surface area (Å²) in [5.74, 6) is 0. The van der Waals surface area contributed by atoms with E-state index in [9.17, 15) is 0 Å². The Bertz CT molecular complexity index is 3920. The van der Waals surface area contributed by atoms with Gasteiger partial charge in [-0.05, 0) is 202 Å². The van der Waals surface area contributed by atoms with Gasteiger partial charge in [0.1, 0.15) is 0 Å². The lowest BCUT2D eigenvalue weighted by Crippen LogP contribution is -2.26. The molecule has 0 saturated heterocycles. The summed E-state index contributed by atoms with van der Waals surface area (Å²) >= 11 is 0. The first kappa shape index (κ1) is 67.2. The normalized spacial score (nSPS) is 13.2. The molecule has 2 aliphatic rings. The zero-order valence-corrected chi connectivity index (χ0v) is 59.1. The second-order valence-corrected chi connectivity index (χ2v) is 28.9. The van der Waals surface area contributed by atoms with Crippen LogP contribution in [0.2, 0.25) is 0 Å². The van der Waals surface area contributed by atoms with Gasteiger partial charge in [0.2, 0.25) is 0 Å². The summed E-state index contributed by atoms with van der Waals surface area (Å²) in [7, 11) is 0. The molecule has 2 aliphatic carbocycles. The van der Waals surface area contributed by atoms with Crippen LogP contribution in [0.1, 0.15) is 230 Å². The maximum atomic E-state index is 3.90. The monoisotopic (exact) mass is 1280 g/mol. The smallest absolute Gasteiger partial charge is 0.0465 e. The Morgan fingerprint density at radius 3 is 0.804 bits per heavy atom. The highest BCUT2D eigenvalue weighted by molar-refractivity contribution is 6.10. The third kappa shape index (κ3) is 14.6. The summed E-state index contributed by atoms with van der Waals surface area (Å²) in [6.07, 6.45) is 35.7. The van der Waals surface area contributed by atoms with Gasteiger partial charge in [0.05, 0.1) is 0 Å². The van der Waals surface area contributed by atoms with Crippen molar-refractivity contribution in [2.24, 2.45) is 0 Å². The topological polar surface area (TPSA) is 22.3 Å². The van der Waals surface area contributed by atoms with Gasteiger partial charge in [0.15, 0.2) is 0 Å². The van der Waals surface area contributed by atoms with E-state index >= 15 is 0 Å². The summed E-state index contributed by atoms with van der Waals surface area (Å²) < 4.78 is 0. The molecule has 11 aromatic rings. The van der Waals surface area contributed by atoms with E-state index in [1.807, 2.05) is 0 Å². The predicted molar refractivity (Wildman–Crippen MR) is 420 cm³/mol. The van der Waals surface area contributed by atoms with E-state index < -0.39 is 0 Å². The number of benzene rings is 10. The van der Waals surface area contributed by atoms with Crippen LogP contribution in [0.15, 0.2) is 231 Å². The van der Waals surface area contributed by atoms with Gasteiger partial charge in [0, 0.05) is 66.8 Å². The van der Waals surface area contributed by atoms with E-state index in [0.717, 1.165) is 25.7 Å². The quantitative estimate of drug-likeness (QED) is 0.0396. The minimum Gasteiger partial charge on any atom is -0.355 e. The maximum Gasteiger partial charge on any atom is 0.0465 e. The molecule has 13 rings (SSSR count). The van der Waals surface area contributed by atoms with Gasteiger partial charge in [-0.3, -0.25) is 0 Å². The van der Waals surface area contributed by atoms with E-state index in [1.165, 1.54) is 277 Å². The molecule has 0 spiro atoms. The number of aromatic nitrogens is 1. The molecule has 0 bridgehead atoms. The number of unbranched alkanes of at least 4 members (excludes halogenated alkanes) is 20. The van der Waals surface area contributed by atoms with Crippen molar-refractivity contribution >= 4 is 55.9 Å². The van der Waals surface area contributed by atoms with E-state index in [0.29, 0.717) is 0 Å². The van der Waals surface area contributed by atoms with Crippen LogP contribution in [-0.2, 0) is 10.8 Å². The molecular formula is C94H107N3. The number of rotatable bonds is 36. The molecule has 0 atom stereocenters. The second-order valence-electron chi connectivity index (χ2n) is 28.9. The Hall–Kier alpha value is -8.40. The predicted octanol–water partition coefficient (Wildman–Crippen LogP) is 29.1. The largest absolute Gasteiger partial charge is 0.355 e. The van der Waals surface area contributed by atoms with Crippen molar-refractivity contribution in [3.8, 4) is 44.5 Å². The molecule has 0 radical (unpaired) electrons. The van der Waals surface area contributed by atoms with Gasteiger partial charge < -0.3 is 14.8 Å². The highest BCUT2D eigenvalue weighted by Crippen LogP contribution is 2.59. The minimum absolute atomic E-state index is 0.101. The summed E-state index contributed by atoms with van der Waals surface area (Å²) in [4.78, 5) is 8.85. The Balaban J connectivity index is 0.891. The van der Waals surface area contributed by atoms with Crippen molar-refractivity contribution in [2.45, 2.75) is 218 Å². The lowest BCUT2D eigenvalue weighted by atomic mass is 9.70. The zero-order chi connectivity index (χ0) is 66.2. The van der Waals surface area contributed by atoms with Crippen molar-refractivity contribution < 1.29 is 0 Å². The van der Waals surface area contributed by atoms with Gasteiger partial charge >= 0.3 is 0 Å². The number of para-hydroxylation sites is 4. The molecular weight excluding hydrogens is 1170 g/mol. The van der Waals surface area contributed by atoms with Gasteiger partial charge in [0.25, 0.3) is 0 Å². The molecule has 3 heteroatoms. The molecule has 0 saturated carbocycles. The first-order valence-electron chi connectivity index (χ1n) is 38.4. The fourth-order valence-corrected chi connectivity index (χ4v) is 17.2. The highest BCUT2D eigenvalue weighted by Gasteiger charge is 2.45. The van der Waals surface area contributed by atoms with Crippen LogP contribution >= 0.6 is 0 Å². The average Bonchev–Trinajstić information content (AvgIpc) is 1.57. The standard InChI is InChI=1S/C94H107N3/c1-5-9-13-17-21-37-61-93(62-38-22-18-14-10-6-2)87-67-73(49-55-81(87)83-57-53-79(69-89(83)93)96(75-41-29-25-30-42-75)76-43-31-26-32-44-76)71-51-59-91-85(65-71)86-66-72(52-60-92(86)95-91)74-50-56-82-84-58-54-80(97(77-45-33-27-34-46-77)78-47-35-28-36-48-78)70-90(84)94(88(82)68-74,63-39-23-19-15-11-7-3)64-40-24-20-16-12-8-4/h25-36,41-60,65-70,95H,5-24,37-40,61-64H2,1-4H3. The van der Waals surface area contributed by atoms with E-state index in [-0.39, 0.29) is 10.8 Å². The zero-order valence-electron chi connectivity index (χ0n) is 59.1. The average molecular weight is 1280 g/mol. The summed E-state index contributed by atoms with van der Waals surface area (Å²) in [5, 5.41) is 2.58. The van der Waals surface area contributed by atoms with Gasteiger partial charge in [-0.2, -0.15) is 0 Å². The first-order valence-corrected chi connectivity index (χ1v) is 38.4. The minimum atomic E-state index is -0.101. The van der Waals surface area contributed by atoms with Crippen LogP contribution in [0, 0.1) is 0 Å². The molecule has 97 heavy (non-hydrogen) atoms. The molecule has 0 fully saturated rings. The summed E-state index contributed by atoms with van der Waals surface area (Å²) in [6, 6.07) is 88.8. The third-order valence-corrected chi connectivity index (χ3v) is 22.4. The third-order valence-electron chi connectivity index (χ3n) is 22.4. The number of hydrogen-bond donors (Lipinski definition) is 1. The number of H-pyrrole nitrogens is 1. The van der Waals surface area contributed by atoms with E-state index in [2.05, 4.69) is 273 Å². The first-order chi connectivity index (χ1) is 47.9. The SMILES string of the molecule is CCCCCCCCC1(CCCCCCCC)c2cc(-c3ccc4[nH]c5ccc(-c6ccc7c(c6)C(CCCCCCCC)(CCCCCCCC)c6cc(N(c8ccccc8)c8ccccc8)ccc6-7)cc5c4c3)ccc2-c2ccc(N(c3ccccc3)c3ccccc3)cc21. The number of hydrogen-bond acceptors (Lipinski definition) is 2. The number of nitrogens with one attached hydrogen (secondary N) is 1. The van der Waals surface area contributed by atoms with Crippen molar-refractivity contribution in [2.75, 3.05) is 9.80 Å². The Kier molecular flexibility index (Phi) is 22.4. The number of anilines is 6. The molecule has 0 amide bonds. The second kappa shape index (κ2) is 32.3. The van der Waals surface area contributed by atoms with Gasteiger partial charge in [-0.15, -0.1) is 0 Å². The summed E-state index contributed by atoms with van der Waals surface area (Å²) in [6.45, 7) is 9.36. The Labute approximate surface area is 582 Å². The molecule has 0 aliphatic heterocycles. The number of aromatic amines is 1. The van der Waals surface area contributed by atoms with Crippen LogP contribution < -0.4 is 9.80 Å². The van der Waals surface area contributed by atoms with Crippen molar-refractivity contribution in [3.05, 3.63) is 253 Å². The van der Waals surface area contributed by atoms with Crippen molar-refractivity contribution in [1.29, 1.82) is 0 Å². The fourth-order valence-electron chi connectivity index (χ4n) is 17.2. The molecule has 1 aromatic heterocycles. The Morgan fingerprint density at radius 2 is 0.495 bits per heavy atom. The fraction of sp³-hybridized carbons (Fsp3) is 0.362. The van der Waals surface area contributed by atoms with Crippen molar-refractivity contribution in [1.82, 2.24) is 4.98 Å². The van der Waals surface area contributed by atoms with Crippen LogP contribution in [0.3, 0.4) is 0 Å². The van der Waals surface area contributed by atoms with Crippen molar-refractivity contribution in [3.63, 3.8) is 0 Å². The van der Waals surface area contributed by atoms with E-state index in [1.54, 1.807) is 0 Å². The van der Waals surface area contributed by atoms with Crippen LogP contribution in [-0.4, -0.2) is 4.98 Å². The number of fused-ring (bicyclic) bond motifs is 9. The lowest BCUT2D eigenvalue weighted by molar-refractivity contribution is 0.398. The lowest BCUT2D eigenvalue weighted by Gasteiger charge is -2.34. The van der Waals surface area contributed by atoms with Crippen LogP contribution in [0.4, 0.5) is 34.1 Å². The Morgan fingerprint density at radius 1 is 0.237 bits per heavy atom. The molecule has 1 heterocycles. The molecule has 1 N–H and O–H groups in total. The summed E-state index contributed by atoms with van der Waals surface area (Å²) in [5.41, 5.74) is 26.4. The molecule has 10 aromatic carbocycles. The van der Waals surface area contributed by atoms with E-state index in [4.69, 9.17) is 0 Å².